The van der Waals surface area contributed by atoms with E-state index in [1.165, 1.54) is 0 Å². The normalized spacial score (nSPS) is 16.1. The van der Waals surface area contributed by atoms with Crippen LogP contribution in [0.5, 0.6) is 0 Å². The number of carboxylic acid groups (broad SMARTS) is 1. The molecular weight excluding hydrogens is 309 g/mol. The van der Waals surface area contributed by atoms with Crippen LogP contribution in [0.2, 0.25) is 0 Å². The van der Waals surface area contributed by atoms with E-state index >= 15 is 0 Å². The first kappa shape index (κ1) is 19.5. The minimum atomic E-state index is -5.33. The fourth-order valence-corrected chi connectivity index (χ4v) is 2.11. The zero-order chi connectivity index (χ0) is 18.4. The number of carbonyl (C=O) groups is 1. The van der Waals surface area contributed by atoms with Crippen LogP contribution < -0.4 is 0 Å². The quantitative estimate of drug-likeness (QED) is 0.857. The summed E-state index contributed by atoms with van der Waals surface area (Å²) < 4.78 is 39.8. The highest BCUT2D eigenvalue weighted by atomic mass is 19.4. The third-order valence-electron chi connectivity index (χ3n) is 3.80. The van der Waals surface area contributed by atoms with Crippen LogP contribution in [0.4, 0.5) is 13.2 Å². The molecule has 0 fully saturated rings. The summed E-state index contributed by atoms with van der Waals surface area (Å²) >= 11 is 0. The molecule has 1 aromatic carbocycles. The Morgan fingerprint density at radius 1 is 0.826 bits per heavy atom. The Morgan fingerprint density at radius 2 is 1.13 bits per heavy atom. The average Bonchev–Trinajstić information content (AvgIpc) is 2.33. The maximum absolute atomic E-state index is 13.3. The number of carboxylic acids is 1. The molecule has 6 heteroatoms. The molecule has 0 amide bonds. The molecule has 0 unspecified atom stereocenters. The molecule has 2 N–H and O–H groups in total. The summed E-state index contributed by atoms with van der Waals surface area (Å²) in [6.45, 7) is 10.9. The zero-order valence-corrected chi connectivity index (χ0v) is 14.2. The first-order chi connectivity index (χ1) is 10.0. The van der Waals surface area contributed by atoms with Crippen molar-refractivity contribution in [3.8, 4) is 0 Å². The zero-order valence-electron chi connectivity index (χ0n) is 14.2. The van der Waals surface area contributed by atoms with Gasteiger partial charge in [-0.05, 0) is 22.0 Å². The Hall–Kier alpha value is -1.56. The van der Waals surface area contributed by atoms with Gasteiger partial charge in [0, 0.05) is 5.56 Å². The van der Waals surface area contributed by atoms with Crippen LogP contribution in [-0.2, 0) is 21.2 Å². The summed E-state index contributed by atoms with van der Waals surface area (Å²) in [4.78, 5) is 11.2. The van der Waals surface area contributed by atoms with Crippen molar-refractivity contribution in [1.82, 2.24) is 0 Å². The Morgan fingerprint density at radius 3 is 1.35 bits per heavy atom. The van der Waals surface area contributed by atoms with Gasteiger partial charge in [-0.15, -0.1) is 0 Å². The molecule has 0 aliphatic carbocycles. The van der Waals surface area contributed by atoms with Crippen molar-refractivity contribution in [2.24, 2.45) is 0 Å². The van der Waals surface area contributed by atoms with Crippen LogP contribution in [0.3, 0.4) is 0 Å². The van der Waals surface area contributed by atoms with E-state index in [2.05, 4.69) is 0 Å². The maximum atomic E-state index is 13.3. The van der Waals surface area contributed by atoms with Gasteiger partial charge in [0.1, 0.15) is 0 Å². The van der Waals surface area contributed by atoms with Gasteiger partial charge in [0.2, 0.25) is 0 Å². The summed E-state index contributed by atoms with van der Waals surface area (Å²) in [7, 11) is 0. The second kappa shape index (κ2) is 5.51. The summed E-state index contributed by atoms with van der Waals surface area (Å²) in [5, 5.41) is 19.0. The molecular formula is C17H23F3O3. The third-order valence-corrected chi connectivity index (χ3v) is 3.80. The molecule has 0 aliphatic heterocycles. The van der Waals surface area contributed by atoms with Gasteiger partial charge in [0.15, 0.2) is 0 Å². The number of rotatable bonds is 2. The lowest BCUT2D eigenvalue weighted by Crippen LogP contribution is -2.49. The van der Waals surface area contributed by atoms with Gasteiger partial charge in [0.25, 0.3) is 5.60 Å². The average molecular weight is 332 g/mol. The van der Waals surface area contributed by atoms with Gasteiger partial charge in [-0.25, -0.2) is 4.79 Å². The molecule has 0 bridgehead atoms. The predicted octanol–water partition coefficient (Wildman–Crippen LogP) is 4.12. The standard InChI is InChI=1S/C17H23F3O3/c1-14(2,3)10-7-11(15(4,5)6)9-12(8-10)16(23,13(21)22)17(18,19)20/h7-9,23H,1-6H3,(H,21,22)/t16-/m1/s1. The smallest absolute Gasteiger partial charge is 0.432 e. The molecule has 0 radical (unpaired) electrons. The van der Waals surface area contributed by atoms with Gasteiger partial charge in [-0.1, -0.05) is 59.7 Å². The molecule has 0 aliphatic rings. The number of aliphatic carboxylic acids is 1. The molecule has 1 rings (SSSR count). The van der Waals surface area contributed by atoms with Crippen LogP contribution >= 0.6 is 0 Å². The van der Waals surface area contributed by atoms with Gasteiger partial charge in [0.05, 0.1) is 0 Å². The minimum absolute atomic E-state index is 0.499. The molecule has 3 nitrogen and oxygen atoms in total. The minimum Gasteiger partial charge on any atom is -0.479 e. The molecule has 0 aromatic heterocycles. The molecule has 0 saturated heterocycles. The highest BCUT2D eigenvalue weighted by Gasteiger charge is 2.61. The van der Waals surface area contributed by atoms with Gasteiger partial charge in [-0.2, -0.15) is 13.2 Å². The van der Waals surface area contributed by atoms with Crippen LogP contribution in [-0.4, -0.2) is 22.4 Å². The second-order valence-electron chi connectivity index (χ2n) is 7.81. The molecule has 0 spiro atoms. The number of alkyl halides is 3. The lowest BCUT2D eigenvalue weighted by atomic mass is 9.77. The van der Waals surface area contributed by atoms with E-state index in [-0.39, 0.29) is 0 Å². The number of benzene rings is 1. The molecule has 0 heterocycles. The van der Waals surface area contributed by atoms with E-state index in [0.29, 0.717) is 11.1 Å². The van der Waals surface area contributed by atoms with E-state index in [1.54, 1.807) is 6.07 Å². The SMILES string of the molecule is CC(C)(C)c1cc(C(C)(C)C)cc([C@@](O)(C(=O)O)C(F)(F)F)c1. The summed E-state index contributed by atoms with van der Waals surface area (Å²) in [5.74, 6) is -2.34. The molecule has 1 aromatic rings. The number of hydrogen-bond acceptors (Lipinski definition) is 2. The van der Waals surface area contributed by atoms with Crippen LogP contribution in [0.1, 0.15) is 58.2 Å². The number of aliphatic hydroxyl groups is 1. The summed E-state index contributed by atoms with van der Waals surface area (Å²) in [6.07, 6.45) is -5.33. The van der Waals surface area contributed by atoms with Gasteiger partial charge in [-0.3, -0.25) is 0 Å². The molecule has 1 atom stereocenters. The van der Waals surface area contributed by atoms with Crippen molar-refractivity contribution >= 4 is 5.97 Å². The molecule has 0 saturated carbocycles. The molecule has 130 valence electrons. The topological polar surface area (TPSA) is 57.5 Å². The Bertz CT molecular complexity index is 575. The monoisotopic (exact) mass is 332 g/mol. The van der Waals surface area contributed by atoms with E-state index in [1.807, 2.05) is 41.5 Å². The Labute approximate surface area is 134 Å². The van der Waals surface area contributed by atoms with Crippen molar-refractivity contribution in [3.63, 3.8) is 0 Å². The molecule has 23 heavy (non-hydrogen) atoms. The van der Waals surface area contributed by atoms with E-state index < -0.39 is 34.1 Å². The highest BCUT2D eigenvalue weighted by molar-refractivity contribution is 5.80. The lowest BCUT2D eigenvalue weighted by molar-refractivity contribution is -0.265. The second-order valence-corrected chi connectivity index (χ2v) is 7.81. The van der Waals surface area contributed by atoms with E-state index in [4.69, 9.17) is 5.11 Å². The van der Waals surface area contributed by atoms with E-state index in [0.717, 1.165) is 12.1 Å². The van der Waals surface area contributed by atoms with E-state index in [9.17, 15) is 23.1 Å². The largest absolute Gasteiger partial charge is 0.479 e. The highest BCUT2D eigenvalue weighted by Crippen LogP contribution is 2.42. The Kier molecular flexibility index (Phi) is 4.67. The first-order valence-electron chi connectivity index (χ1n) is 7.20. The van der Waals surface area contributed by atoms with Crippen molar-refractivity contribution in [2.75, 3.05) is 0 Å². The van der Waals surface area contributed by atoms with Crippen LogP contribution in [0.25, 0.3) is 0 Å². The van der Waals surface area contributed by atoms with Crippen molar-refractivity contribution in [2.45, 2.75) is 64.1 Å². The summed E-state index contributed by atoms with van der Waals surface area (Å²) in [5.41, 5.74) is -4.54. The fraction of sp³-hybridized carbons (Fsp3) is 0.588. The van der Waals surface area contributed by atoms with Crippen molar-refractivity contribution < 1.29 is 28.2 Å². The van der Waals surface area contributed by atoms with Crippen molar-refractivity contribution in [1.29, 1.82) is 0 Å². The predicted molar refractivity (Wildman–Crippen MR) is 81.4 cm³/mol. The van der Waals surface area contributed by atoms with Gasteiger partial charge < -0.3 is 10.2 Å². The van der Waals surface area contributed by atoms with Gasteiger partial charge >= 0.3 is 12.1 Å². The van der Waals surface area contributed by atoms with Crippen LogP contribution in [0, 0.1) is 0 Å². The fourth-order valence-electron chi connectivity index (χ4n) is 2.11. The van der Waals surface area contributed by atoms with Crippen LogP contribution in [0.15, 0.2) is 18.2 Å². The lowest BCUT2D eigenvalue weighted by Gasteiger charge is -2.31. The number of hydrogen-bond donors (Lipinski definition) is 2. The Balaban J connectivity index is 3.80. The third kappa shape index (κ3) is 3.68. The summed E-state index contributed by atoms with van der Waals surface area (Å²) in [6, 6.07) is 4.00. The maximum Gasteiger partial charge on any atom is 0.432 e. The first-order valence-corrected chi connectivity index (χ1v) is 7.20. The number of halogens is 3. The van der Waals surface area contributed by atoms with Crippen molar-refractivity contribution in [3.05, 3.63) is 34.9 Å².